The van der Waals surface area contributed by atoms with Gasteiger partial charge in [-0.3, -0.25) is 0 Å². The Bertz CT molecular complexity index is 461. The van der Waals surface area contributed by atoms with E-state index >= 15 is 0 Å². The van der Waals surface area contributed by atoms with E-state index in [-0.39, 0.29) is 11.7 Å². The zero-order valence-corrected chi connectivity index (χ0v) is 13.3. The number of rotatable bonds is 5. The van der Waals surface area contributed by atoms with Gasteiger partial charge in [0.25, 0.3) is 0 Å². The van der Waals surface area contributed by atoms with Crippen LogP contribution < -0.4 is 9.47 Å². The molecule has 0 radical (unpaired) electrons. The molecule has 0 bridgehead atoms. The summed E-state index contributed by atoms with van der Waals surface area (Å²) in [6.45, 7) is 0.575. The molecule has 2 fully saturated rings. The Morgan fingerprint density at radius 2 is 2.10 bits per heavy atom. The van der Waals surface area contributed by atoms with Crippen LogP contribution in [0.15, 0.2) is 18.2 Å². The Kier molecular flexibility index (Phi) is 4.60. The lowest BCUT2D eigenvalue weighted by molar-refractivity contribution is -0.0511. The first-order valence-electron chi connectivity index (χ1n) is 7.79. The molecule has 1 saturated carbocycles. The van der Waals surface area contributed by atoms with Crippen LogP contribution in [0.3, 0.4) is 0 Å². The third kappa shape index (κ3) is 3.14. The molecule has 0 aromatic heterocycles. The molecule has 1 saturated heterocycles. The number of halogens is 1. The molecule has 116 valence electrons. The van der Waals surface area contributed by atoms with E-state index in [1.165, 1.54) is 32.1 Å². The van der Waals surface area contributed by atoms with Crippen molar-refractivity contribution in [3.8, 4) is 11.5 Å². The van der Waals surface area contributed by atoms with Gasteiger partial charge in [-0.1, -0.05) is 25.0 Å². The number of methoxy groups -OCH3 is 1. The highest BCUT2D eigenvalue weighted by atomic mass is 35.5. The van der Waals surface area contributed by atoms with Gasteiger partial charge >= 0.3 is 0 Å². The Morgan fingerprint density at radius 1 is 1.29 bits per heavy atom. The summed E-state index contributed by atoms with van der Waals surface area (Å²) in [5.74, 6) is 1.91. The van der Waals surface area contributed by atoms with Crippen molar-refractivity contribution in [1.29, 1.82) is 0 Å². The number of benzene rings is 1. The third-order valence-electron chi connectivity index (χ3n) is 4.69. The summed E-state index contributed by atoms with van der Waals surface area (Å²) < 4.78 is 17.7. The molecular weight excluding hydrogens is 288 g/mol. The highest BCUT2D eigenvalue weighted by Crippen LogP contribution is 2.43. The molecule has 4 heteroatoms. The van der Waals surface area contributed by atoms with Crippen molar-refractivity contribution in [2.24, 2.45) is 0 Å². The standard InChI is InChI=1S/C17H23ClO3/c1-19-15-6-4-5-13(11-18)16(15)20-12-14-7-10-17(21-14)8-2-3-9-17/h4-6,14H,2-3,7-12H2,1H3. The minimum atomic E-state index is 0.157. The number of alkyl halides is 1. The molecule has 3 rings (SSSR count). The Hall–Kier alpha value is -0.930. The third-order valence-corrected chi connectivity index (χ3v) is 4.98. The monoisotopic (exact) mass is 310 g/mol. The van der Waals surface area contributed by atoms with Gasteiger partial charge in [0.1, 0.15) is 6.61 Å². The Morgan fingerprint density at radius 3 is 2.81 bits per heavy atom. The summed E-state index contributed by atoms with van der Waals surface area (Å²) in [5, 5.41) is 0. The molecule has 0 N–H and O–H groups in total. The topological polar surface area (TPSA) is 27.7 Å². The van der Waals surface area contributed by atoms with E-state index in [9.17, 15) is 0 Å². The van der Waals surface area contributed by atoms with Crippen LogP contribution in [-0.2, 0) is 10.6 Å². The molecule has 1 aliphatic carbocycles. The first-order chi connectivity index (χ1) is 10.3. The summed E-state index contributed by atoms with van der Waals surface area (Å²) in [7, 11) is 1.65. The Balaban J connectivity index is 1.63. The van der Waals surface area contributed by atoms with Crippen LogP contribution >= 0.6 is 11.6 Å². The van der Waals surface area contributed by atoms with Gasteiger partial charge in [-0.25, -0.2) is 0 Å². The molecule has 1 heterocycles. The van der Waals surface area contributed by atoms with Crippen LogP contribution in [0.4, 0.5) is 0 Å². The van der Waals surface area contributed by atoms with Crippen molar-refractivity contribution in [3.63, 3.8) is 0 Å². The van der Waals surface area contributed by atoms with Crippen LogP contribution in [-0.4, -0.2) is 25.4 Å². The molecule has 0 amide bonds. The molecule has 1 unspecified atom stereocenters. The number of ether oxygens (including phenoxy) is 3. The maximum absolute atomic E-state index is 6.28. The molecule has 1 atom stereocenters. The minimum Gasteiger partial charge on any atom is -0.493 e. The summed E-state index contributed by atoms with van der Waals surface area (Å²) in [6, 6.07) is 5.81. The molecule has 21 heavy (non-hydrogen) atoms. The lowest BCUT2D eigenvalue weighted by Crippen LogP contribution is -2.27. The highest BCUT2D eigenvalue weighted by Gasteiger charge is 2.42. The van der Waals surface area contributed by atoms with Crippen molar-refractivity contribution in [2.45, 2.75) is 56.1 Å². The summed E-state index contributed by atoms with van der Waals surface area (Å²) in [6.07, 6.45) is 7.49. The van der Waals surface area contributed by atoms with Gasteiger partial charge < -0.3 is 14.2 Å². The van der Waals surface area contributed by atoms with E-state index in [1.807, 2.05) is 18.2 Å². The van der Waals surface area contributed by atoms with Crippen LogP contribution in [0, 0.1) is 0 Å². The van der Waals surface area contributed by atoms with Crippen LogP contribution in [0.25, 0.3) is 0 Å². The van der Waals surface area contributed by atoms with Crippen LogP contribution in [0.2, 0.25) is 0 Å². The molecule has 1 aliphatic heterocycles. The van der Waals surface area contributed by atoms with Crippen molar-refractivity contribution < 1.29 is 14.2 Å². The van der Waals surface area contributed by atoms with E-state index in [4.69, 9.17) is 25.8 Å². The van der Waals surface area contributed by atoms with Crippen molar-refractivity contribution in [2.75, 3.05) is 13.7 Å². The van der Waals surface area contributed by atoms with Gasteiger partial charge in [0.15, 0.2) is 11.5 Å². The van der Waals surface area contributed by atoms with Gasteiger partial charge in [-0.2, -0.15) is 0 Å². The van der Waals surface area contributed by atoms with Crippen LogP contribution in [0.5, 0.6) is 11.5 Å². The normalized spacial score (nSPS) is 23.6. The fourth-order valence-electron chi connectivity index (χ4n) is 3.57. The quantitative estimate of drug-likeness (QED) is 0.759. The van der Waals surface area contributed by atoms with Crippen molar-refractivity contribution in [3.05, 3.63) is 23.8 Å². The fourth-order valence-corrected chi connectivity index (χ4v) is 3.78. The van der Waals surface area contributed by atoms with Crippen molar-refractivity contribution in [1.82, 2.24) is 0 Å². The van der Waals surface area contributed by atoms with Gasteiger partial charge in [0.2, 0.25) is 0 Å². The molecule has 1 aromatic carbocycles. The molecule has 2 aliphatic rings. The predicted molar refractivity (Wildman–Crippen MR) is 83.4 cm³/mol. The predicted octanol–water partition coefficient (Wildman–Crippen LogP) is 4.30. The van der Waals surface area contributed by atoms with Gasteiger partial charge in [0, 0.05) is 5.56 Å². The van der Waals surface area contributed by atoms with Gasteiger partial charge in [0.05, 0.1) is 24.7 Å². The lowest BCUT2D eigenvalue weighted by atomic mass is 9.98. The lowest BCUT2D eigenvalue weighted by Gasteiger charge is -2.24. The van der Waals surface area contributed by atoms with Gasteiger partial charge in [-0.15, -0.1) is 11.6 Å². The second-order valence-electron chi connectivity index (χ2n) is 6.06. The summed E-state index contributed by atoms with van der Waals surface area (Å²) >= 11 is 5.99. The maximum atomic E-state index is 6.28. The second kappa shape index (κ2) is 6.45. The summed E-state index contributed by atoms with van der Waals surface area (Å²) in [5.41, 5.74) is 1.12. The Labute approximate surface area is 131 Å². The zero-order chi connectivity index (χ0) is 14.7. The molecule has 1 spiro atoms. The molecule has 3 nitrogen and oxygen atoms in total. The first kappa shape index (κ1) is 15.0. The van der Waals surface area contributed by atoms with Crippen LogP contribution in [0.1, 0.15) is 44.1 Å². The van der Waals surface area contributed by atoms with E-state index in [2.05, 4.69) is 0 Å². The number of hydrogen-bond acceptors (Lipinski definition) is 3. The summed E-state index contributed by atoms with van der Waals surface area (Å²) in [4.78, 5) is 0. The average molecular weight is 311 g/mol. The van der Waals surface area contributed by atoms with E-state index in [1.54, 1.807) is 7.11 Å². The average Bonchev–Trinajstić information content (AvgIpc) is 3.15. The first-order valence-corrected chi connectivity index (χ1v) is 8.32. The minimum absolute atomic E-state index is 0.157. The van der Waals surface area contributed by atoms with E-state index < -0.39 is 0 Å². The van der Waals surface area contributed by atoms with E-state index in [0.717, 1.165) is 23.5 Å². The molecule has 1 aromatic rings. The number of hydrogen-bond donors (Lipinski definition) is 0. The number of para-hydroxylation sites is 1. The van der Waals surface area contributed by atoms with Crippen molar-refractivity contribution >= 4 is 11.6 Å². The van der Waals surface area contributed by atoms with Gasteiger partial charge in [-0.05, 0) is 31.7 Å². The highest BCUT2D eigenvalue weighted by molar-refractivity contribution is 6.17. The second-order valence-corrected chi connectivity index (χ2v) is 6.33. The SMILES string of the molecule is COc1cccc(CCl)c1OCC1CCC2(CCCC2)O1. The largest absolute Gasteiger partial charge is 0.493 e. The molecular formula is C17H23ClO3. The zero-order valence-electron chi connectivity index (χ0n) is 12.6. The fraction of sp³-hybridized carbons (Fsp3) is 0.647. The maximum Gasteiger partial charge on any atom is 0.165 e. The van der Waals surface area contributed by atoms with E-state index in [0.29, 0.717) is 12.5 Å². The smallest absolute Gasteiger partial charge is 0.165 e.